The van der Waals surface area contributed by atoms with Gasteiger partial charge in [-0.3, -0.25) is 4.57 Å². The minimum absolute atomic E-state index is 0.115. The van der Waals surface area contributed by atoms with Crippen molar-refractivity contribution >= 4 is 33.0 Å². The predicted octanol–water partition coefficient (Wildman–Crippen LogP) is 8.90. The lowest BCUT2D eigenvalue weighted by molar-refractivity contribution is 0.653. The van der Waals surface area contributed by atoms with Gasteiger partial charge in [-0.2, -0.15) is 0 Å². The first-order chi connectivity index (χ1) is 18.1. The molecule has 1 aliphatic carbocycles. The first-order valence-corrected chi connectivity index (χ1v) is 12.7. The van der Waals surface area contributed by atoms with E-state index in [0.717, 1.165) is 44.7 Å². The van der Waals surface area contributed by atoms with Gasteiger partial charge in [0.1, 0.15) is 17.0 Å². The number of furan rings is 1. The Morgan fingerprint density at radius 1 is 0.703 bits per heavy atom. The van der Waals surface area contributed by atoms with Crippen LogP contribution in [0.2, 0.25) is 0 Å². The van der Waals surface area contributed by atoms with E-state index in [1.165, 1.54) is 27.6 Å². The molecule has 0 aliphatic heterocycles. The highest BCUT2D eigenvalue weighted by molar-refractivity contribution is 6.11. The Labute approximate surface area is 214 Å². The van der Waals surface area contributed by atoms with E-state index in [0.29, 0.717) is 0 Å². The first kappa shape index (κ1) is 20.6. The van der Waals surface area contributed by atoms with Crippen molar-refractivity contribution < 1.29 is 4.42 Å². The highest BCUT2D eigenvalue weighted by atomic mass is 16.3. The highest BCUT2D eigenvalue weighted by Gasteiger charge is 2.38. The van der Waals surface area contributed by atoms with Crippen LogP contribution in [0.1, 0.15) is 25.0 Å². The molecule has 0 saturated heterocycles. The van der Waals surface area contributed by atoms with Gasteiger partial charge in [-0.15, -0.1) is 0 Å². The van der Waals surface area contributed by atoms with E-state index in [1.807, 2.05) is 18.2 Å². The SMILES string of the molecule is CC1(C)c2ccc(-n3c(-c4ccccc4)nc4ccccc43)cc2-c2c1ccc1c2oc2ccccc21. The van der Waals surface area contributed by atoms with Crippen LogP contribution in [-0.4, -0.2) is 9.55 Å². The van der Waals surface area contributed by atoms with E-state index in [-0.39, 0.29) is 5.41 Å². The molecule has 0 fully saturated rings. The number of benzene rings is 5. The number of rotatable bonds is 2. The highest BCUT2D eigenvalue weighted by Crippen LogP contribution is 2.53. The lowest BCUT2D eigenvalue weighted by Gasteiger charge is -2.21. The quantitative estimate of drug-likeness (QED) is 0.249. The minimum Gasteiger partial charge on any atom is -0.455 e. The Kier molecular flexibility index (Phi) is 4.00. The molecule has 3 nitrogen and oxygen atoms in total. The molecular formula is C34H24N2O. The number of imidazole rings is 1. The third kappa shape index (κ3) is 2.74. The number of nitrogens with zero attached hydrogens (tertiary/aromatic N) is 2. The fourth-order valence-corrected chi connectivity index (χ4v) is 6.21. The van der Waals surface area contributed by atoms with Gasteiger partial charge in [-0.05, 0) is 47.0 Å². The van der Waals surface area contributed by atoms with E-state index in [4.69, 9.17) is 9.40 Å². The van der Waals surface area contributed by atoms with Gasteiger partial charge in [0.05, 0.1) is 11.0 Å². The van der Waals surface area contributed by atoms with Gasteiger partial charge >= 0.3 is 0 Å². The Morgan fingerprint density at radius 2 is 1.46 bits per heavy atom. The Morgan fingerprint density at radius 3 is 2.35 bits per heavy atom. The molecule has 0 radical (unpaired) electrons. The van der Waals surface area contributed by atoms with Crippen LogP contribution in [0.25, 0.3) is 61.2 Å². The Balaban J connectivity index is 1.44. The summed E-state index contributed by atoms with van der Waals surface area (Å²) in [4.78, 5) is 5.05. The van der Waals surface area contributed by atoms with Crippen LogP contribution < -0.4 is 0 Å². The predicted molar refractivity (Wildman–Crippen MR) is 151 cm³/mol. The summed E-state index contributed by atoms with van der Waals surface area (Å²) in [5, 5.41) is 2.33. The number of hydrogen-bond acceptors (Lipinski definition) is 2. The maximum absolute atomic E-state index is 6.52. The summed E-state index contributed by atoms with van der Waals surface area (Å²) in [6.07, 6.45) is 0. The van der Waals surface area contributed by atoms with Crippen LogP contribution >= 0.6 is 0 Å². The molecule has 176 valence electrons. The molecule has 0 amide bonds. The van der Waals surface area contributed by atoms with Crippen LogP contribution in [0.15, 0.2) is 114 Å². The molecule has 0 unspecified atom stereocenters. The van der Waals surface area contributed by atoms with Gasteiger partial charge < -0.3 is 4.42 Å². The number of para-hydroxylation sites is 3. The zero-order valence-corrected chi connectivity index (χ0v) is 20.7. The summed E-state index contributed by atoms with van der Waals surface area (Å²) < 4.78 is 8.81. The fraction of sp³-hybridized carbons (Fsp3) is 0.0882. The average molecular weight is 477 g/mol. The van der Waals surface area contributed by atoms with Gasteiger partial charge in [0.15, 0.2) is 0 Å². The van der Waals surface area contributed by atoms with Crippen molar-refractivity contribution in [2.24, 2.45) is 0 Å². The van der Waals surface area contributed by atoms with Crippen molar-refractivity contribution in [1.29, 1.82) is 0 Å². The normalized spacial score (nSPS) is 13.9. The Bertz CT molecular complexity index is 2010. The van der Waals surface area contributed by atoms with Crippen molar-refractivity contribution in [3.8, 4) is 28.2 Å². The van der Waals surface area contributed by atoms with Crippen molar-refractivity contribution in [1.82, 2.24) is 9.55 Å². The van der Waals surface area contributed by atoms with Gasteiger partial charge in [-0.25, -0.2) is 4.98 Å². The fourth-order valence-electron chi connectivity index (χ4n) is 6.21. The molecule has 0 N–H and O–H groups in total. The summed E-state index contributed by atoms with van der Waals surface area (Å²) >= 11 is 0. The first-order valence-electron chi connectivity index (χ1n) is 12.7. The van der Waals surface area contributed by atoms with Crippen LogP contribution in [0.4, 0.5) is 0 Å². The van der Waals surface area contributed by atoms with E-state index in [2.05, 4.69) is 109 Å². The van der Waals surface area contributed by atoms with Crippen molar-refractivity contribution in [2.75, 3.05) is 0 Å². The second-order valence-corrected chi connectivity index (χ2v) is 10.4. The molecule has 2 heterocycles. The zero-order valence-electron chi connectivity index (χ0n) is 20.7. The molecule has 5 aromatic carbocycles. The number of fused-ring (bicyclic) bond motifs is 8. The van der Waals surface area contributed by atoms with Gasteiger partial charge in [0.2, 0.25) is 0 Å². The summed E-state index contributed by atoms with van der Waals surface area (Å²) in [6.45, 7) is 4.63. The van der Waals surface area contributed by atoms with Gasteiger partial charge in [0, 0.05) is 33.0 Å². The van der Waals surface area contributed by atoms with Crippen molar-refractivity contribution in [2.45, 2.75) is 19.3 Å². The van der Waals surface area contributed by atoms with Gasteiger partial charge in [-0.1, -0.05) is 92.7 Å². The van der Waals surface area contributed by atoms with E-state index in [9.17, 15) is 0 Å². The topological polar surface area (TPSA) is 31.0 Å². The largest absolute Gasteiger partial charge is 0.455 e. The molecule has 0 spiro atoms. The maximum atomic E-state index is 6.52. The van der Waals surface area contributed by atoms with Gasteiger partial charge in [0.25, 0.3) is 0 Å². The molecule has 37 heavy (non-hydrogen) atoms. The lowest BCUT2D eigenvalue weighted by Crippen LogP contribution is -2.14. The van der Waals surface area contributed by atoms with Crippen molar-refractivity contribution in [3.63, 3.8) is 0 Å². The van der Waals surface area contributed by atoms with E-state index >= 15 is 0 Å². The maximum Gasteiger partial charge on any atom is 0.145 e. The summed E-state index contributed by atoms with van der Waals surface area (Å²) in [5.74, 6) is 0.946. The van der Waals surface area contributed by atoms with Crippen LogP contribution in [0, 0.1) is 0 Å². The standard InChI is InChI=1S/C34H24N2O/c1-34(2)26-18-16-22(36-29-14-8-7-13-28(29)35-33(36)21-10-4-3-5-11-21)20-25(26)31-27(34)19-17-24-23-12-6-9-15-30(23)37-32(24)31/h3-20H,1-2H3. The van der Waals surface area contributed by atoms with Crippen LogP contribution in [0.3, 0.4) is 0 Å². The molecule has 3 heteroatoms. The molecule has 0 bridgehead atoms. The average Bonchev–Trinajstić information content (AvgIpc) is 3.57. The Hall–Kier alpha value is -4.63. The van der Waals surface area contributed by atoms with Crippen molar-refractivity contribution in [3.05, 3.63) is 120 Å². The van der Waals surface area contributed by atoms with E-state index in [1.54, 1.807) is 0 Å². The number of hydrogen-bond donors (Lipinski definition) is 0. The summed E-state index contributed by atoms with van der Waals surface area (Å²) in [7, 11) is 0. The molecule has 1 aliphatic rings. The smallest absolute Gasteiger partial charge is 0.145 e. The molecule has 8 rings (SSSR count). The molecular weight excluding hydrogens is 452 g/mol. The zero-order chi connectivity index (χ0) is 24.7. The molecule has 0 saturated carbocycles. The number of aromatic nitrogens is 2. The second-order valence-electron chi connectivity index (χ2n) is 10.4. The summed E-state index contributed by atoms with van der Waals surface area (Å²) in [6, 6.07) is 38.5. The van der Waals surface area contributed by atoms with Crippen LogP contribution in [0.5, 0.6) is 0 Å². The van der Waals surface area contributed by atoms with E-state index < -0.39 is 0 Å². The van der Waals surface area contributed by atoms with Crippen LogP contribution in [-0.2, 0) is 5.41 Å². The third-order valence-electron chi connectivity index (χ3n) is 8.02. The lowest BCUT2D eigenvalue weighted by atomic mass is 9.82. The monoisotopic (exact) mass is 476 g/mol. The molecule has 0 atom stereocenters. The third-order valence-corrected chi connectivity index (χ3v) is 8.02. The molecule has 7 aromatic rings. The molecule has 2 aromatic heterocycles. The summed E-state index contributed by atoms with van der Waals surface area (Å²) in [5.41, 5.74) is 11.2. The minimum atomic E-state index is -0.115. The second kappa shape index (κ2) is 7.21.